The molecule has 0 aliphatic carbocycles. The molecule has 1 atom stereocenters. The summed E-state index contributed by atoms with van der Waals surface area (Å²) in [4.78, 5) is 11.7. The van der Waals surface area contributed by atoms with Gasteiger partial charge < -0.3 is 15.2 Å². The van der Waals surface area contributed by atoms with E-state index in [0.717, 1.165) is 11.3 Å². The number of carbonyl (C=O) groups excluding carboxylic acids is 1. The predicted molar refractivity (Wildman–Crippen MR) is 79.8 cm³/mol. The minimum atomic E-state index is -0.166. The highest BCUT2D eigenvalue weighted by molar-refractivity contribution is 5.76. The van der Waals surface area contributed by atoms with Crippen molar-refractivity contribution in [1.82, 2.24) is 5.32 Å². The van der Waals surface area contributed by atoms with Crippen molar-refractivity contribution in [2.75, 3.05) is 13.2 Å². The van der Waals surface area contributed by atoms with Crippen LogP contribution in [0.25, 0.3) is 0 Å². The molecule has 0 bridgehead atoms. The zero-order chi connectivity index (χ0) is 15.0. The highest BCUT2D eigenvalue weighted by Gasteiger charge is 2.14. The van der Waals surface area contributed by atoms with E-state index >= 15 is 0 Å². The van der Waals surface area contributed by atoms with Crippen molar-refractivity contribution in [3.8, 4) is 5.75 Å². The van der Waals surface area contributed by atoms with Gasteiger partial charge >= 0.3 is 0 Å². The Balaban J connectivity index is 2.22. The van der Waals surface area contributed by atoms with Crippen LogP contribution in [-0.2, 0) is 4.79 Å². The molecule has 0 aromatic heterocycles. The normalized spacial score (nSPS) is 12.2. The molecule has 0 radical (unpaired) electrons. The molecule has 0 spiro atoms. The maximum Gasteiger partial charge on any atom is 0.220 e. The van der Waals surface area contributed by atoms with Crippen LogP contribution in [0.1, 0.15) is 32.3 Å². The molecule has 4 nitrogen and oxygen atoms in total. The number of hydrogen-bond acceptors (Lipinski definition) is 3. The molecular weight excluding hydrogens is 254 g/mol. The van der Waals surface area contributed by atoms with E-state index in [-0.39, 0.29) is 24.5 Å². The Labute approximate surface area is 121 Å². The van der Waals surface area contributed by atoms with Crippen molar-refractivity contribution in [3.63, 3.8) is 0 Å². The van der Waals surface area contributed by atoms with Crippen LogP contribution in [0.3, 0.4) is 0 Å². The molecule has 1 amide bonds. The average molecular weight is 279 g/mol. The van der Waals surface area contributed by atoms with Crippen molar-refractivity contribution < 1.29 is 14.6 Å². The highest BCUT2D eigenvalue weighted by Crippen LogP contribution is 2.12. The van der Waals surface area contributed by atoms with E-state index in [1.807, 2.05) is 45.0 Å². The monoisotopic (exact) mass is 279 g/mol. The fourth-order valence-electron chi connectivity index (χ4n) is 1.83. The van der Waals surface area contributed by atoms with Gasteiger partial charge in [-0.3, -0.25) is 4.79 Å². The van der Waals surface area contributed by atoms with Gasteiger partial charge in [-0.25, -0.2) is 0 Å². The van der Waals surface area contributed by atoms with Crippen molar-refractivity contribution in [3.05, 3.63) is 29.8 Å². The SMILES string of the molecule is Cc1cccc(OCCCC(=O)NC(CO)C(C)C)c1. The molecule has 2 N–H and O–H groups in total. The second kappa shape index (κ2) is 8.59. The van der Waals surface area contributed by atoms with Gasteiger partial charge in [-0.2, -0.15) is 0 Å². The maximum absolute atomic E-state index is 11.7. The molecule has 4 heteroatoms. The number of aryl methyl sites for hydroxylation is 1. The van der Waals surface area contributed by atoms with Crippen LogP contribution in [0.4, 0.5) is 0 Å². The molecule has 0 aliphatic heterocycles. The van der Waals surface area contributed by atoms with Gasteiger partial charge in [0.25, 0.3) is 0 Å². The fourth-order valence-corrected chi connectivity index (χ4v) is 1.83. The largest absolute Gasteiger partial charge is 0.494 e. The summed E-state index contributed by atoms with van der Waals surface area (Å²) in [7, 11) is 0. The molecule has 0 aliphatic rings. The van der Waals surface area contributed by atoms with Crippen molar-refractivity contribution in [2.24, 2.45) is 5.92 Å². The van der Waals surface area contributed by atoms with E-state index in [1.165, 1.54) is 0 Å². The van der Waals surface area contributed by atoms with E-state index in [1.54, 1.807) is 0 Å². The first kappa shape index (κ1) is 16.5. The number of nitrogens with one attached hydrogen (secondary N) is 1. The summed E-state index contributed by atoms with van der Waals surface area (Å²) in [5.41, 5.74) is 1.16. The summed E-state index contributed by atoms with van der Waals surface area (Å²) in [6.07, 6.45) is 1.07. The van der Waals surface area contributed by atoms with Crippen LogP contribution in [-0.4, -0.2) is 30.3 Å². The van der Waals surface area contributed by atoms with E-state index in [0.29, 0.717) is 19.4 Å². The lowest BCUT2D eigenvalue weighted by Gasteiger charge is -2.19. The second-order valence-corrected chi connectivity index (χ2v) is 5.37. The predicted octanol–water partition coefficient (Wildman–Crippen LogP) is 2.29. The molecule has 0 saturated heterocycles. The van der Waals surface area contributed by atoms with Gasteiger partial charge in [0, 0.05) is 6.42 Å². The molecule has 0 fully saturated rings. The summed E-state index contributed by atoms with van der Waals surface area (Å²) in [5, 5.41) is 12.0. The lowest BCUT2D eigenvalue weighted by molar-refractivity contribution is -0.122. The van der Waals surface area contributed by atoms with Crippen LogP contribution in [0.2, 0.25) is 0 Å². The number of hydrogen-bond donors (Lipinski definition) is 2. The van der Waals surface area contributed by atoms with Crippen molar-refractivity contribution >= 4 is 5.91 Å². The highest BCUT2D eigenvalue weighted by atomic mass is 16.5. The third-order valence-electron chi connectivity index (χ3n) is 3.15. The summed E-state index contributed by atoms with van der Waals surface area (Å²) < 4.78 is 5.59. The van der Waals surface area contributed by atoms with Crippen LogP contribution >= 0.6 is 0 Å². The molecule has 112 valence electrons. The second-order valence-electron chi connectivity index (χ2n) is 5.37. The summed E-state index contributed by atoms with van der Waals surface area (Å²) in [6, 6.07) is 7.68. The van der Waals surface area contributed by atoms with E-state index < -0.39 is 0 Å². The minimum absolute atomic E-state index is 0.0246. The molecule has 1 rings (SSSR count). The molecule has 20 heavy (non-hydrogen) atoms. The van der Waals surface area contributed by atoms with Crippen LogP contribution in [0.15, 0.2) is 24.3 Å². The lowest BCUT2D eigenvalue weighted by atomic mass is 10.1. The Morgan fingerprint density at radius 2 is 2.15 bits per heavy atom. The Morgan fingerprint density at radius 3 is 2.75 bits per heavy atom. The number of ether oxygens (including phenoxy) is 1. The topological polar surface area (TPSA) is 58.6 Å². The Bertz CT molecular complexity index is 418. The zero-order valence-corrected chi connectivity index (χ0v) is 12.6. The van der Waals surface area contributed by atoms with Gasteiger partial charge in [-0.15, -0.1) is 0 Å². The van der Waals surface area contributed by atoms with E-state index in [2.05, 4.69) is 5.32 Å². The Kier molecular flexibility index (Phi) is 7.09. The standard InChI is InChI=1S/C16H25NO3/c1-12(2)15(11-18)17-16(19)8-5-9-20-14-7-4-6-13(3)10-14/h4,6-7,10,12,15,18H,5,8-9,11H2,1-3H3,(H,17,19). The first-order valence-electron chi connectivity index (χ1n) is 7.12. The van der Waals surface area contributed by atoms with E-state index in [4.69, 9.17) is 9.84 Å². The first-order valence-corrected chi connectivity index (χ1v) is 7.12. The van der Waals surface area contributed by atoms with Crippen molar-refractivity contribution in [1.29, 1.82) is 0 Å². The van der Waals surface area contributed by atoms with Crippen LogP contribution in [0, 0.1) is 12.8 Å². The Morgan fingerprint density at radius 1 is 1.40 bits per heavy atom. The molecule has 0 heterocycles. The molecule has 1 aromatic carbocycles. The van der Waals surface area contributed by atoms with Gasteiger partial charge in [0.2, 0.25) is 5.91 Å². The van der Waals surface area contributed by atoms with Gasteiger partial charge in [-0.05, 0) is 37.0 Å². The number of aliphatic hydroxyl groups is 1. The maximum atomic E-state index is 11.7. The molecular formula is C16H25NO3. The number of carbonyl (C=O) groups is 1. The zero-order valence-electron chi connectivity index (χ0n) is 12.6. The third kappa shape index (κ3) is 6.06. The smallest absolute Gasteiger partial charge is 0.220 e. The van der Waals surface area contributed by atoms with Gasteiger partial charge in [-0.1, -0.05) is 26.0 Å². The quantitative estimate of drug-likeness (QED) is 0.718. The molecule has 0 saturated carbocycles. The summed E-state index contributed by atoms with van der Waals surface area (Å²) >= 11 is 0. The van der Waals surface area contributed by atoms with E-state index in [9.17, 15) is 4.79 Å². The van der Waals surface area contributed by atoms with Crippen molar-refractivity contribution in [2.45, 2.75) is 39.7 Å². The first-order chi connectivity index (χ1) is 9.52. The number of aliphatic hydroxyl groups excluding tert-OH is 1. The minimum Gasteiger partial charge on any atom is -0.494 e. The number of amides is 1. The van der Waals surface area contributed by atoms with Crippen LogP contribution in [0.5, 0.6) is 5.75 Å². The van der Waals surface area contributed by atoms with Gasteiger partial charge in [0.1, 0.15) is 5.75 Å². The van der Waals surface area contributed by atoms with Gasteiger partial charge in [0.05, 0.1) is 19.3 Å². The third-order valence-corrected chi connectivity index (χ3v) is 3.15. The fraction of sp³-hybridized carbons (Fsp3) is 0.562. The number of benzene rings is 1. The number of rotatable bonds is 8. The Hall–Kier alpha value is -1.55. The molecule has 1 aromatic rings. The molecule has 1 unspecified atom stereocenters. The van der Waals surface area contributed by atoms with Crippen LogP contribution < -0.4 is 10.1 Å². The lowest BCUT2D eigenvalue weighted by Crippen LogP contribution is -2.41. The van der Waals surface area contributed by atoms with Gasteiger partial charge in [0.15, 0.2) is 0 Å². The summed E-state index contributed by atoms with van der Waals surface area (Å²) in [6.45, 7) is 6.46. The average Bonchev–Trinajstić information content (AvgIpc) is 2.40. The summed E-state index contributed by atoms with van der Waals surface area (Å²) in [5.74, 6) is 1.03.